The molecule has 0 amide bonds. The Labute approximate surface area is 179 Å². The summed E-state index contributed by atoms with van der Waals surface area (Å²) in [5.74, 6) is 0. The molecule has 2 aliphatic rings. The van der Waals surface area contributed by atoms with E-state index < -0.39 is 0 Å². The molecule has 31 heavy (non-hydrogen) atoms. The van der Waals surface area contributed by atoms with Crippen molar-refractivity contribution < 1.29 is 4.42 Å². The van der Waals surface area contributed by atoms with Crippen LogP contribution < -0.4 is 15.8 Å². The third-order valence-corrected chi connectivity index (χ3v) is 6.86. The largest absolute Gasteiger partial charge is 0.422 e. The van der Waals surface area contributed by atoms with Gasteiger partial charge in [-0.3, -0.25) is 4.98 Å². The lowest BCUT2D eigenvalue weighted by atomic mass is 9.86. The van der Waals surface area contributed by atoms with E-state index in [-0.39, 0.29) is 5.63 Å². The quantitative estimate of drug-likeness (QED) is 0.506. The standard InChI is InChI=1S/C24H25N5O2/c1-15-11-29-12-20(27-22(29)16(2)26-15)19-9-17-3-4-18(10-21(17)31-23(19)30)28-8-6-24(14-28)5-7-25-13-24/h3-4,9-12,25H,5-8,13-14H2,1-2H3. The van der Waals surface area contributed by atoms with Gasteiger partial charge in [-0.1, -0.05) is 0 Å². The van der Waals surface area contributed by atoms with Crippen LogP contribution in [0.25, 0.3) is 27.9 Å². The summed E-state index contributed by atoms with van der Waals surface area (Å²) in [5, 5.41) is 4.40. The van der Waals surface area contributed by atoms with Crippen LogP contribution in [0.3, 0.4) is 0 Å². The summed E-state index contributed by atoms with van der Waals surface area (Å²) in [4.78, 5) is 24.4. The molecule has 158 valence electrons. The number of nitrogens with one attached hydrogen (secondary N) is 1. The fraction of sp³-hybridized carbons (Fsp3) is 0.375. The second kappa shape index (κ2) is 6.65. The van der Waals surface area contributed by atoms with Gasteiger partial charge in [0.15, 0.2) is 5.65 Å². The predicted octanol–water partition coefficient (Wildman–Crippen LogP) is 3.31. The minimum absolute atomic E-state index is 0.367. The van der Waals surface area contributed by atoms with Crippen molar-refractivity contribution >= 4 is 22.3 Å². The first-order chi connectivity index (χ1) is 15.0. The molecule has 1 N–H and O–H groups in total. The lowest BCUT2D eigenvalue weighted by molar-refractivity contribution is 0.369. The van der Waals surface area contributed by atoms with Gasteiger partial charge in [-0.15, -0.1) is 0 Å². The summed E-state index contributed by atoms with van der Waals surface area (Å²) < 4.78 is 7.67. The Morgan fingerprint density at radius 3 is 2.87 bits per heavy atom. The zero-order chi connectivity index (χ0) is 21.2. The lowest BCUT2D eigenvalue weighted by Gasteiger charge is -2.24. The molecule has 6 rings (SSSR count). The molecule has 1 aromatic carbocycles. The summed E-state index contributed by atoms with van der Waals surface area (Å²) in [6.07, 6.45) is 6.23. The van der Waals surface area contributed by atoms with Crippen LogP contribution >= 0.6 is 0 Å². The van der Waals surface area contributed by atoms with Crippen molar-refractivity contribution in [3.63, 3.8) is 0 Å². The molecule has 0 saturated carbocycles. The van der Waals surface area contributed by atoms with Crippen molar-refractivity contribution in [1.82, 2.24) is 19.7 Å². The minimum atomic E-state index is -0.367. The molecule has 1 spiro atoms. The topological polar surface area (TPSA) is 75.7 Å². The zero-order valence-electron chi connectivity index (χ0n) is 17.8. The molecular formula is C24H25N5O2. The first-order valence-electron chi connectivity index (χ1n) is 10.9. The maximum atomic E-state index is 12.8. The summed E-state index contributed by atoms with van der Waals surface area (Å²) in [7, 11) is 0. The van der Waals surface area contributed by atoms with E-state index in [2.05, 4.69) is 26.3 Å². The molecule has 5 heterocycles. The number of anilines is 1. The van der Waals surface area contributed by atoms with E-state index in [9.17, 15) is 4.79 Å². The third-order valence-electron chi connectivity index (χ3n) is 6.86. The molecule has 2 saturated heterocycles. The van der Waals surface area contributed by atoms with E-state index in [1.807, 2.05) is 48.8 Å². The number of aromatic nitrogens is 3. The number of fused-ring (bicyclic) bond motifs is 2. The number of rotatable bonds is 2. The molecule has 2 fully saturated rings. The zero-order valence-corrected chi connectivity index (χ0v) is 17.8. The summed E-state index contributed by atoms with van der Waals surface area (Å²) >= 11 is 0. The summed E-state index contributed by atoms with van der Waals surface area (Å²) in [6, 6.07) is 8.06. The van der Waals surface area contributed by atoms with Crippen LogP contribution in [0.5, 0.6) is 0 Å². The van der Waals surface area contributed by atoms with Crippen LogP contribution in [0.2, 0.25) is 0 Å². The Morgan fingerprint density at radius 1 is 1.13 bits per heavy atom. The highest BCUT2D eigenvalue weighted by Crippen LogP contribution is 2.38. The van der Waals surface area contributed by atoms with Gasteiger partial charge in [0.1, 0.15) is 5.58 Å². The Kier molecular flexibility index (Phi) is 3.99. The maximum absolute atomic E-state index is 12.8. The number of nitrogens with zero attached hydrogens (tertiary/aromatic N) is 4. The monoisotopic (exact) mass is 415 g/mol. The molecular weight excluding hydrogens is 390 g/mol. The van der Waals surface area contributed by atoms with E-state index in [4.69, 9.17) is 4.42 Å². The van der Waals surface area contributed by atoms with Crippen LogP contribution in [-0.4, -0.2) is 40.5 Å². The first-order valence-corrected chi connectivity index (χ1v) is 10.9. The van der Waals surface area contributed by atoms with Crippen molar-refractivity contribution in [3.05, 3.63) is 58.5 Å². The first kappa shape index (κ1) is 18.6. The van der Waals surface area contributed by atoms with E-state index in [0.29, 0.717) is 22.3 Å². The van der Waals surface area contributed by atoms with Gasteiger partial charge in [0.25, 0.3) is 0 Å². The number of aryl methyl sites for hydroxylation is 2. The number of hydrogen-bond acceptors (Lipinski definition) is 6. The summed E-state index contributed by atoms with van der Waals surface area (Å²) in [5.41, 5.74) is 5.34. The Morgan fingerprint density at radius 2 is 2.03 bits per heavy atom. The smallest absolute Gasteiger partial charge is 0.345 e. The second-order valence-electron chi connectivity index (χ2n) is 9.09. The molecule has 4 aromatic rings. The van der Waals surface area contributed by atoms with Gasteiger partial charge in [-0.05, 0) is 51.4 Å². The normalized spacial score (nSPS) is 21.2. The van der Waals surface area contributed by atoms with E-state index >= 15 is 0 Å². The fourth-order valence-electron chi connectivity index (χ4n) is 5.21. The molecule has 0 aliphatic carbocycles. The highest BCUT2D eigenvalue weighted by molar-refractivity contribution is 5.84. The van der Waals surface area contributed by atoms with Crippen molar-refractivity contribution in [3.8, 4) is 11.3 Å². The van der Waals surface area contributed by atoms with Gasteiger partial charge < -0.3 is 19.0 Å². The predicted molar refractivity (Wildman–Crippen MR) is 121 cm³/mol. The maximum Gasteiger partial charge on any atom is 0.345 e. The van der Waals surface area contributed by atoms with Crippen LogP contribution in [0.15, 0.2) is 45.9 Å². The number of hydrogen-bond donors (Lipinski definition) is 1. The fourth-order valence-corrected chi connectivity index (χ4v) is 5.21. The average Bonchev–Trinajstić information content (AvgIpc) is 3.48. The average molecular weight is 415 g/mol. The number of imidazole rings is 1. The third kappa shape index (κ3) is 3.03. The van der Waals surface area contributed by atoms with Crippen molar-refractivity contribution in [2.24, 2.45) is 5.41 Å². The molecule has 1 atom stereocenters. The Bertz CT molecular complexity index is 1380. The van der Waals surface area contributed by atoms with Gasteiger partial charge in [0, 0.05) is 54.6 Å². The SMILES string of the molecule is Cc1cn2cc(-c3cc4ccc(N5CCC6(CCNC6)C5)cc4oc3=O)nc2c(C)n1. The Balaban J connectivity index is 1.37. The molecule has 0 bridgehead atoms. The molecule has 7 nitrogen and oxygen atoms in total. The highest BCUT2D eigenvalue weighted by Gasteiger charge is 2.40. The lowest BCUT2D eigenvalue weighted by Crippen LogP contribution is -2.29. The van der Waals surface area contributed by atoms with E-state index in [1.165, 1.54) is 12.8 Å². The Hall–Kier alpha value is -3.19. The molecule has 7 heteroatoms. The van der Waals surface area contributed by atoms with Gasteiger partial charge in [0.05, 0.1) is 22.6 Å². The van der Waals surface area contributed by atoms with Gasteiger partial charge in [-0.25, -0.2) is 9.78 Å². The highest BCUT2D eigenvalue weighted by atomic mass is 16.4. The van der Waals surface area contributed by atoms with Gasteiger partial charge in [0.2, 0.25) is 0 Å². The van der Waals surface area contributed by atoms with Crippen molar-refractivity contribution in [2.75, 3.05) is 31.1 Å². The van der Waals surface area contributed by atoms with E-state index in [0.717, 1.165) is 54.3 Å². The molecule has 2 aliphatic heterocycles. The molecule has 0 radical (unpaired) electrons. The molecule has 3 aromatic heterocycles. The van der Waals surface area contributed by atoms with E-state index in [1.54, 1.807) is 0 Å². The van der Waals surface area contributed by atoms with Crippen molar-refractivity contribution in [2.45, 2.75) is 26.7 Å². The van der Waals surface area contributed by atoms with Gasteiger partial charge >= 0.3 is 5.63 Å². The van der Waals surface area contributed by atoms with Crippen LogP contribution in [-0.2, 0) is 0 Å². The van der Waals surface area contributed by atoms with Crippen LogP contribution in [0.1, 0.15) is 24.2 Å². The number of benzene rings is 1. The molecule has 1 unspecified atom stereocenters. The summed E-state index contributed by atoms with van der Waals surface area (Å²) in [6.45, 7) is 8.18. The van der Waals surface area contributed by atoms with Crippen molar-refractivity contribution in [1.29, 1.82) is 0 Å². The minimum Gasteiger partial charge on any atom is -0.422 e. The van der Waals surface area contributed by atoms with Crippen LogP contribution in [0.4, 0.5) is 5.69 Å². The van der Waals surface area contributed by atoms with Gasteiger partial charge in [-0.2, -0.15) is 0 Å². The second-order valence-corrected chi connectivity index (χ2v) is 9.09. The van der Waals surface area contributed by atoms with Crippen LogP contribution in [0, 0.1) is 19.3 Å².